The first-order valence-electron chi connectivity index (χ1n) is 6.47. The van der Waals surface area contributed by atoms with Crippen molar-refractivity contribution in [1.29, 1.82) is 0 Å². The second kappa shape index (κ2) is 6.57. The number of furan rings is 1. The van der Waals surface area contributed by atoms with Crippen LogP contribution < -0.4 is 5.73 Å². The Kier molecular flexibility index (Phi) is 5.25. The molecule has 1 atom stereocenters. The molecule has 2 N–H and O–H groups in total. The Bertz CT molecular complexity index is 552. The number of hydrogen-bond acceptors (Lipinski definition) is 5. The van der Waals surface area contributed by atoms with E-state index in [4.69, 9.17) is 14.9 Å². The highest BCUT2D eigenvalue weighted by Crippen LogP contribution is 2.29. The van der Waals surface area contributed by atoms with Crippen molar-refractivity contribution in [1.82, 2.24) is 4.31 Å². The van der Waals surface area contributed by atoms with E-state index in [1.165, 1.54) is 10.4 Å². The fourth-order valence-corrected chi connectivity index (χ4v) is 4.46. The molecular weight excluding hydrogens is 348 g/mol. The first-order valence-corrected chi connectivity index (χ1v) is 8.71. The molecule has 2 rings (SSSR count). The lowest BCUT2D eigenvalue weighted by atomic mass is 10.0. The molecule has 2 heterocycles. The van der Waals surface area contributed by atoms with E-state index in [2.05, 4.69) is 15.9 Å². The maximum atomic E-state index is 12.5. The third kappa shape index (κ3) is 3.43. The van der Waals surface area contributed by atoms with Gasteiger partial charge in [0.15, 0.2) is 4.67 Å². The molecule has 20 heavy (non-hydrogen) atoms. The predicted octanol–water partition coefficient (Wildman–Crippen LogP) is 1.55. The monoisotopic (exact) mass is 366 g/mol. The number of halogens is 1. The number of nitrogens with two attached hydrogens (primary N) is 1. The summed E-state index contributed by atoms with van der Waals surface area (Å²) >= 11 is 3.13. The van der Waals surface area contributed by atoms with E-state index in [9.17, 15) is 8.42 Å². The maximum absolute atomic E-state index is 12.5. The van der Waals surface area contributed by atoms with Gasteiger partial charge in [-0.05, 0) is 34.7 Å². The molecule has 0 saturated carbocycles. The molecule has 0 aromatic carbocycles. The number of ether oxygens (including phenoxy) is 1. The van der Waals surface area contributed by atoms with Crippen LogP contribution in [-0.4, -0.2) is 39.5 Å². The normalized spacial score (nSPS) is 20.5. The Morgan fingerprint density at radius 3 is 2.85 bits per heavy atom. The van der Waals surface area contributed by atoms with Gasteiger partial charge in [0.25, 0.3) is 0 Å². The third-order valence-corrected chi connectivity index (χ3v) is 6.05. The van der Waals surface area contributed by atoms with Gasteiger partial charge < -0.3 is 14.9 Å². The Balaban J connectivity index is 2.13. The summed E-state index contributed by atoms with van der Waals surface area (Å²) in [5.41, 5.74) is 5.46. The van der Waals surface area contributed by atoms with Gasteiger partial charge in [-0.25, -0.2) is 12.7 Å². The first-order chi connectivity index (χ1) is 9.45. The molecule has 0 aliphatic carbocycles. The molecule has 1 aliphatic heterocycles. The van der Waals surface area contributed by atoms with E-state index in [-0.39, 0.29) is 22.0 Å². The SMILES string of the molecule is CN(CC1CCCOC1)S(=O)(=O)c1cc(CN)oc1Br. The van der Waals surface area contributed by atoms with Crippen molar-refractivity contribution in [3.05, 3.63) is 16.5 Å². The molecule has 0 bridgehead atoms. The third-order valence-electron chi connectivity index (χ3n) is 3.37. The van der Waals surface area contributed by atoms with Crippen molar-refractivity contribution >= 4 is 26.0 Å². The average molecular weight is 367 g/mol. The highest BCUT2D eigenvalue weighted by Gasteiger charge is 2.29. The largest absolute Gasteiger partial charge is 0.452 e. The second-order valence-corrected chi connectivity index (χ2v) is 7.66. The maximum Gasteiger partial charge on any atom is 0.247 e. The minimum absolute atomic E-state index is 0.122. The van der Waals surface area contributed by atoms with Gasteiger partial charge >= 0.3 is 0 Å². The van der Waals surface area contributed by atoms with Gasteiger partial charge in [-0.1, -0.05) is 0 Å². The lowest BCUT2D eigenvalue weighted by molar-refractivity contribution is 0.0495. The van der Waals surface area contributed by atoms with Crippen LogP contribution in [0, 0.1) is 5.92 Å². The van der Waals surface area contributed by atoms with Crippen LogP contribution in [0.15, 0.2) is 20.0 Å². The summed E-state index contributed by atoms with van der Waals surface area (Å²) in [6.07, 6.45) is 1.96. The van der Waals surface area contributed by atoms with Gasteiger partial charge in [-0.15, -0.1) is 0 Å². The predicted molar refractivity (Wildman–Crippen MR) is 77.7 cm³/mol. The van der Waals surface area contributed by atoms with Crippen LogP contribution in [0.2, 0.25) is 0 Å². The van der Waals surface area contributed by atoms with E-state index in [1.54, 1.807) is 7.05 Å². The molecule has 0 radical (unpaired) electrons. The Morgan fingerprint density at radius 2 is 2.30 bits per heavy atom. The number of sulfonamides is 1. The quantitative estimate of drug-likeness (QED) is 0.854. The van der Waals surface area contributed by atoms with Crippen LogP contribution in [-0.2, 0) is 21.3 Å². The molecular formula is C12H19BrN2O4S. The van der Waals surface area contributed by atoms with Crippen molar-refractivity contribution in [2.45, 2.75) is 24.3 Å². The molecule has 6 nitrogen and oxygen atoms in total. The zero-order chi connectivity index (χ0) is 14.8. The summed E-state index contributed by atoms with van der Waals surface area (Å²) in [6, 6.07) is 1.47. The van der Waals surface area contributed by atoms with E-state index in [1.807, 2.05) is 0 Å². The molecule has 1 aliphatic rings. The van der Waals surface area contributed by atoms with Crippen LogP contribution in [0.5, 0.6) is 0 Å². The highest BCUT2D eigenvalue weighted by atomic mass is 79.9. The van der Waals surface area contributed by atoms with Crippen molar-refractivity contribution < 1.29 is 17.6 Å². The molecule has 0 spiro atoms. The second-order valence-electron chi connectivity index (χ2n) is 4.92. The fraction of sp³-hybridized carbons (Fsp3) is 0.667. The van der Waals surface area contributed by atoms with E-state index >= 15 is 0 Å². The number of nitrogens with zero attached hydrogens (tertiary/aromatic N) is 1. The minimum Gasteiger partial charge on any atom is -0.452 e. The Labute approximate surface area is 127 Å². The van der Waals surface area contributed by atoms with Crippen LogP contribution in [0.4, 0.5) is 0 Å². The molecule has 1 aromatic heterocycles. The molecule has 1 fully saturated rings. The van der Waals surface area contributed by atoms with Gasteiger partial charge in [0.05, 0.1) is 13.2 Å². The molecule has 1 saturated heterocycles. The average Bonchev–Trinajstić information content (AvgIpc) is 2.82. The highest BCUT2D eigenvalue weighted by molar-refractivity contribution is 9.10. The summed E-state index contributed by atoms with van der Waals surface area (Å²) in [4.78, 5) is 0.122. The fourth-order valence-electron chi connectivity index (χ4n) is 2.26. The van der Waals surface area contributed by atoms with Crippen LogP contribution >= 0.6 is 15.9 Å². The summed E-state index contributed by atoms with van der Waals surface area (Å²) in [5.74, 6) is 0.674. The topological polar surface area (TPSA) is 85.8 Å². The van der Waals surface area contributed by atoms with Gasteiger partial charge in [0.2, 0.25) is 10.0 Å². The lowest BCUT2D eigenvalue weighted by Crippen LogP contribution is -2.35. The minimum atomic E-state index is -3.58. The zero-order valence-electron chi connectivity index (χ0n) is 11.3. The summed E-state index contributed by atoms with van der Waals surface area (Å²) < 4.78 is 37.2. The molecule has 8 heteroatoms. The van der Waals surface area contributed by atoms with E-state index in [0.29, 0.717) is 18.9 Å². The summed E-state index contributed by atoms with van der Waals surface area (Å²) in [6.45, 7) is 1.98. The number of hydrogen-bond donors (Lipinski definition) is 1. The lowest BCUT2D eigenvalue weighted by Gasteiger charge is -2.26. The Hall–Kier alpha value is -0.410. The molecule has 1 aromatic rings. The van der Waals surface area contributed by atoms with Gasteiger partial charge in [0.1, 0.15) is 10.7 Å². The smallest absolute Gasteiger partial charge is 0.247 e. The summed E-state index contributed by atoms with van der Waals surface area (Å²) in [5, 5.41) is 0. The van der Waals surface area contributed by atoms with Crippen molar-refractivity contribution in [2.75, 3.05) is 26.8 Å². The van der Waals surface area contributed by atoms with Crippen molar-refractivity contribution in [3.63, 3.8) is 0 Å². The molecule has 1 unspecified atom stereocenters. The van der Waals surface area contributed by atoms with E-state index < -0.39 is 10.0 Å². The van der Waals surface area contributed by atoms with Gasteiger partial charge in [-0.3, -0.25) is 0 Å². The zero-order valence-corrected chi connectivity index (χ0v) is 13.7. The van der Waals surface area contributed by atoms with Gasteiger partial charge in [-0.2, -0.15) is 0 Å². The van der Waals surface area contributed by atoms with Crippen molar-refractivity contribution in [2.24, 2.45) is 11.7 Å². The van der Waals surface area contributed by atoms with Crippen molar-refractivity contribution in [3.8, 4) is 0 Å². The Morgan fingerprint density at radius 1 is 1.55 bits per heavy atom. The molecule has 114 valence electrons. The van der Waals surface area contributed by atoms with Crippen LogP contribution in [0.1, 0.15) is 18.6 Å². The van der Waals surface area contributed by atoms with Crippen LogP contribution in [0.3, 0.4) is 0 Å². The first kappa shape index (κ1) is 16.0. The molecule has 0 amide bonds. The van der Waals surface area contributed by atoms with E-state index in [0.717, 1.165) is 19.4 Å². The summed E-state index contributed by atoms with van der Waals surface area (Å²) in [7, 11) is -2.00. The standard InChI is InChI=1S/C12H19BrN2O4S/c1-15(7-9-3-2-4-18-8-9)20(16,17)11-5-10(6-14)19-12(11)13/h5,9H,2-4,6-8,14H2,1H3. The van der Waals surface area contributed by atoms with Gasteiger partial charge in [0, 0.05) is 26.3 Å². The number of rotatable bonds is 5. The van der Waals surface area contributed by atoms with Crippen LogP contribution in [0.25, 0.3) is 0 Å².